The monoisotopic (exact) mass is 332 g/mol. The normalized spacial score (nSPS) is 23.6. The quantitative estimate of drug-likeness (QED) is 0.604. The summed E-state index contributed by atoms with van der Waals surface area (Å²) in [4.78, 5) is 0. The molecule has 0 saturated heterocycles. The lowest BCUT2D eigenvalue weighted by atomic mass is 9.49. The summed E-state index contributed by atoms with van der Waals surface area (Å²) in [5, 5.41) is 0. The van der Waals surface area contributed by atoms with E-state index in [0.717, 1.165) is 35.8 Å². The van der Waals surface area contributed by atoms with Gasteiger partial charge in [-0.15, -0.1) is 0 Å². The standard InChI is InChI=1S/C19H18B2O4/c1-13-10-11-14(20-22-16-6-2-3-7-17(16)23-20)15(12-13)21-24-18-8-4-5-9-19(18)25-21/h2-10,14-15H,11-12H2,1H3/t14-,15-/m0/s1. The maximum absolute atomic E-state index is 6.10. The van der Waals surface area contributed by atoms with Gasteiger partial charge in [0.25, 0.3) is 0 Å². The van der Waals surface area contributed by atoms with Crippen LogP contribution in [0.4, 0.5) is 0 Å². The van der Waals surface area contributed by atoms with Crippen molar-refractivity contribution in [3.63, 3.8) is 0 Å². The summed E-state index contributed by atoms with van der Waals surface area (Å²) >= 11 is 0. The molecule has 0 radical (unpaired) electrons. The zero-order valence-electron chi connectivity index (χ0n) is 14.1. The molecule has 0 fully saturated rings. The topological polar surface area (TPSA) is 36.9 Å². The van der Waals surface area contributed by atoms with Crippen LogP contribution in [0.5, 0.6) is 23.0 Å². The molecule has 0 aromatic heterocycles. The third-order valence-corrected chi connectivity index (χ3v) is 5.22. The molecule has 0 saturated carbocycles. The van der Waals surface area contributed by atoms with Crippen molar-refractivity contribution in [3.05, 3.63) is 60.2 Å². The molecule has 2 atom stereocenters. The summed E-state index contributed by atoms with van der Waals surface area (Å²) in [5.74, 6) is 3.61. The Labute approximate surface area is 148 Å². The Morgan fingerprint density at radius 2 is 1.16 bits per heavy atom. The zero-order valence-corrected chi connectivity index (χ0v) is 14.1. The molecule has 1 aliphatic carbocycles. The number of fused-ring (bicyclic) bond motifs is 2. The van der Waals surface area contributed by atoms with Crippen molar-refractivity contribution in [2.75, 3.05) is 0 Å². The van der Waals surface area contributed by atoms with Gasteiger partial charge in [0.05, 0.1) is 0 Å². The minimum Gasteiger partial charge on any atom is -0.523 e. The third-order valence-electron chi connectivity index (χ3n) is 5.22. The van der Waals surface area contributed by atoms with Crippen LogP contribution in [0.15, 0.2) is 60.2 Å². The molecular weight excluding hydrogens is 314 g/mol. The molecule has 0 amide bonds. The third kappa shape index (κ3) is 2.56. The molecule has 2 aliphatic heterocycles. The van der Waals surface area contributed by atoms with Crippen LogP contribution in [0.3, 0.4) is 0 Å². The Kier molecular flexibility index (Phi) is 3.44. The highest BCUT2D eigenvalue weighted by atomic mass is 16.6. The number of benzene rings is 2. The van der Waals surface area contributed by atoms with E-state index < -0.39 is 0 Å². The zero-order chi connectivity index (χ0) is 16.8. The van der Waals surface area contributed by atoms with Crippen LogP contribution in [0.1, 0.15) is 19.8 Å². The van der Waals surface area contributed by atoms with Crippen molar-refractivity contribution in [2.45, 2.75) is 31.4 Å². The Hall–Kier alpha value is -2.49. The molecule has 2 aromatic rings. The maximum Gasteiger partial charge on any atom is 0.598 e. The van der Waals surface area contributed by atoms with E-state index in [9.17, 15) is 0 Å². The highest BCUT2D eigenvalue weighted by Gasteiger charge is 2.53. The maximum atomic E-state index is 6.10. The molecule has 6 heteroatoms. The van der Waals surface area contributed by atoms with Crippen LogP contribution in [0.2, 0.25) is 11.6 Å². The van der Waals surface area contributed by atoms with Gasteiger partial charge in [0.1, 0.15) is 23.0 Å². The van der Waals surface area contributed by atoms with Gasteiger partial charge in [-0.1, -0.05) is 35.9 Å². The first-order chi connectivity index (χ1) is 12.3. The van der Waals surface area contributed by atoms with E-state index in [2.05, 4.69) is 13.0 Å². The van der Waals surface area contributed by atoms with E-state index in [4.69, 9.17) is 18.6 Å². The second-order valence-corrected chi connectivity index (χ2v) is 6.92. The molecule has 25 heavy (non-hydrogen) atoms. The first-order valence-electron chi connectivity index (χ1n) is 8.78. The fourth-order valence-electron chi connectivity index (χ4n) is 3.92. The van der Waals surface area contributed by atoms with Crippen LogP contribution in [0.25, 0.3) is 0 Å². The van der Waals surface area contributed by atoms with E-state index in [0.29, 0.717) is 0 Å². The second kappa shape index (κ2) is 5.80. The summed E-state index contributed by atoms with van der Waals surface area (Å²) in [6.07, 6.45) is 4.09. The summed E-state index contributed by atoms with van der Waals surface area (Å²) in [7, 11) is -0.607. The van der Waals surface area contributed by atoms with Gasteiger partial charge in [-0.25, -0.2) is 0 Å². The van der Waals surface area contributed by atoms with Gasteiger partial charge in [-0.05, 0) is 44.0 Å². The van der Waals surface area contributed by atoms with Gasteiger partial charge >= 0.3 is 14.2 Å². The molecule has 0 bridgehead atoms. The van der Waals surface area contributed by atoms with Crippen molar-refractivity contribution < 1.29 is 18.6 Å². The number of rotatable bonds is 2. The highest BCUT2D eigenvalue weighted by molar-refractivity contribution is 6.56. The van der Waals surface area contributed by atoms with E-state index in [1.807, 2.05) is 48.5 Å². The lowest BCUT2D eigenvalue weighted by molar-refractivity contribution is 0.413. The second-order valence-electron chi connectivity index (χ2n) is 6.92. The lowest BCUT2D eigenvalue weighted by Gasteiger charge is -2.30. The number of para-hydroxylation sites is 4. The van der Waals surface area contributed by atoms with Gasteiger partial charge in [-0.2, -0.15) is 0 Å². The summed E-state index contributed by atoms with van der Waals surface area (Å²) in [6, 6.07) is 15.7. The van der Waals surface area contributed by atoms with Crippen molar-refractivity contribution >= 4 is 14.2 Å². The van der Waals surface area contributed by atoms with E-state index >= 15 is 0 Å². The average molecular weight is 332 g/mol. The predicted molar refractivity (Wildman–Crippen MR) is 97.4 cm³/mol. The van der Waals surface area contributed by atoms with Crippen molar-refractivity contribution in [1.82, 2.24) is 0 Å². The van der Waals surface area contributed by atoms with Crippen LogP contribution in [-0.2, 0) is 0 Å². The van der Waals surface area contributed by atoms with E-state index in [-0.39, 0.29) is 25.9 Å². The van der Waals surface area contributed by atoms with Crippen LogP contribution in [0, 0.1) is 0 Å². The largest absolute Gasteiger partial charge is 0.598 e. The van der Waals surface area contributed by atoms with E-state index in [1.54, 1.807) is 0 Å². The molecule has 5 rings (SSSR count). The molecular formula is C19H18B2O4. The van der Waals surface area contributed by atoms with Gasteiger partial charge in [0.2, 0.25) is 0 Å². The van der Waals surface area contributed by atoms with E-state index in [1.165, 1.54) is 5.57 Å². The first kappa shape index (κ1) is 14.8. The molecule has 0 unspecified atom stereocenters. The molecule has 2 aromatic carbocycles. The molecule has 0 N–H and O–H groups in total. The summed E-state index contributed by atoms with van der Waals surface area (Å²) in [6.45, 7) is 2.16. The molecule has 124 valence electrons. The van der Waals surface area contributed by atoms with Crippen LogP contribution >= 0.6 is 0 Å². The summed E-state index contributed by atoms with van der Waals surface area (Å²) < 4.78 is 24.4. The smallest absolute Gasteiger partial charge is 0.523 e. The molecule has 0 spiro atoms. The van der Waals surface area contributed by atoms with Crippen molar-refractivity contribution in [3.8, 4) is 23.0 Å². The predicted octanol–water partition coefficient (Wildman–Crippen LogP) is 4.39. The van der Waals surface area contributed by atoms with Gasteiger partial charge in [-0.3, -0.25) is 0 Å². The number of hydrogen-bond acceptors (Lipinski definition) is 4. The fraction of sp³-hybridized carbons (Fsp3) is 0.263. The van der Waals surface area contributed by atoms with Crippen LogP contribution < -0.4 is 18.6 Å². The lowest BCUT2D eigenvalue weighted by Crippen LogP contribution is -2.42. The SMILES string of the molecule is CC1=CC[C@H](B2Oc3ccccc3O2)[C@@H](B2Oc3ccccc3O2)C1. The van der Waals surface area contributed by atoms with Crippen LogP contribution in [-0.4, -0.2) is 14.2 Å². The van der Waals surface area contributed by atoms with Crippen molar-refractivity contribution in [2.24, 2.45) is 0 Å². The average Bonchev–Trinajstić information content (AvgIpc) is 3.25. The summed E-state index contributed by atoms with van der Waals surface area (Å²) in [5.41, 5.74) is 1.36. The van der Waals surface area contributed by atoms with Gasteiger partial charge < -0.3 is 18.6 Å². The Bertz CT molecular complexity index is 788. The first-order valence-corrected chi connectivity index (χ1v) is 8.78. The Morgan fingerprint density at radius 1 is 0.720 bits per heavy atom. The minimum absolute atomic E-state index is 0.176. The van der Waals surface area contributed by atoms with Crippen molar-refractivity contribution in [1.29, 1.82) is 0 Å². The molecule has 3 aliphatic rings. The Morgan fingerprint density at radius 3 is 1.64 bits per heavy atom. The van der Waals surface area contributed by atoms with Gasteiger partial charge in [0.15, 0.2) is 0 Å². The fourth-order valence-corrected chi connectivity index (χ4v) is 3.92. The number of allylic oxidation sites excluding steroid dienone is 2. The number of hydrogen-bond donors (Lipinski definition) is 0. The molecule has 4 nitrogen and oxygen atoms in total. The molecule has 2 heterocycles. The minimum atomic E-state index is -0.304. The Balaban J connectivity index is 1.40. The van der Waals surface area contributed by atoms with Gasteiger partial charge in [0, 0.05) is 11.6 Å². The highest BCUT2D eigenvalue weighted by Crippen LogP contribution is 2.49.